The Labute approximate surface area is 378 Å². The molecule has 4 heterocycles. The van der Waals surface area contributed by atoms with Gasteiger partial charge in [0.2, 0.25) is 0 Å². The van der Waals surface area contributed by atoms with Crippen LogP contribution in [0.1, 0.15) is 95.1 Å². The standard InChI is InChI=1S/C51H55F3N6O4S/c1-31(2)65(61,62)37-22-20-35(21-23-37)44-29-56-50(55)48(58-44)45-28-43(59-64-45)34-18-16-33(17-19-34)13-9-7-6-8-12-24-63-36-26-40(52)46(41(53)27-36)49-47-39(38-14-10-11-15-42(38)57-47)25-32(3)60(49)30-51(4,5)54/h10-11,14-23,26-29,31-32,49,57H,6-9,12-13,24-25,30H2,1-5H3,(H2,55,56)/t32-,49-/m1/s1. The lowest BCUT2D eigenvalue weighted by Gasteiger charge is -2.43. The molecule has 0 aliphatic carbocycles. The van der Waals surface area contributed by atoms with Crippen LogP contribution >= 0.6 is 0 Å². The van der Waals surface area contributed by atoms with E-state index in [1.54, 1.807) is 44.2 Å². The Morgan fingerprint density at radius 3 is 2.28 bits per heavy atom. The smallest absolute Gasteiger partial charge is 0.189 e. The summed E-state index contributed by atoms with van der Waals surface area (Å²) in [5.41, 5.74) is 11.3. The monoisotopic (exact) mass is 904 g/mol. The van der Waals surface area contributed by atoms with Crippen molar-refractivity contribution in [2.45, 2.75) is 107 Å². The molecule has 7 aromatic rings. The minimum Gasteiger partial charge on any atom is -0.493 e. The summed E-state index contributed by atoms with van der Waals surface area (Å²) in [4.78, 5) is 14.5. The third kappa shape index (κ3) is 9.98. The van der Waals surface area contributed by atoms with Gasteiger partial charge in [-0.05, 0) is 89.6 Å². The van der Waals surface area contributed by atoms with Gasteiger partial charge in [-0.15, -0.1) is 0 Å². The third-order valence-corrected chi connectivity index (χ3v) is 14.3. The lowest BCUT2D eigenvalue weighted by atomic mass is 9.87. The molecule has 8 rings (SSSR count). The number of hydrogen-bond donors (Lipinski definition) is 2. The van der Waals surface area contributed by atoms with E-state index in [-0.39, 0.29) is 34.6 Å². The van der Waals surface area contributed by atoms with E-state index in [9.17, 15) is 8.42 Å². The summed E-state index contributed by atoms with van der Waals surface area (Å²) < 4.78 is 83.9. The van der Waals surface area contributed by atoms with Crippen molar-refractivity contribution in [3.63, 3.8) is 0 Å². The molecule has 3 N–H and O–H groups in total. The fourth-order valence-electron chi connectivity index (χ4n) is 8.73. The minimum absolute atomic E-state index is 0.0179. The average molecular weight is 905 g/mol. The van der Waals surface area contributed by atoms with E-state index in [4.69, 9.17) is 15.0 Å². The van der Waals surface area contributed by atoms with E-state index in [2.05, 4.69) is 32.2 Å². The number of unbranched alkanes of at least 4 members (excludes halogenated alkanes) is 4. The number of fused-ring (bicyclic) bond motifs is 3. The van der Waals surface area contributed by atoms with E-state index in [1.807, 2.05) is 48.2 Å². The van der Waals surface area contributed by atoms with Crippen LogP contribution in [0.3, 0.4) is 0 Å². The SMILES string of the molecule is CC(C)S(=O)(=O)c1ccc(-c2cnc(N)c(-c3cc(-c4ccc(CCCCCCCOc5cc(F)c([C@@H]6c7[nH]c8ccccc8c7C[C@@H](C)N6CC(C)(C)F)c(F)c5)cc4)no3)n2)cc1. The molecule has 0 radical (unpaired) electrons. The number of halogens is 3. The number of alkyl halides is 1. The number of H-pyrrole nitrogens is 1. The number of aryl methyl sites for hydroxylation is 1. The van der Waals surface area contributed by atoms with E-state index < -0.39 is 38.4 Å². The van der Waals surface area contributed by atoms with Crippen LogP contribution in [0.4, 0.5) is 19.0 Å². The second-order valence-electron chi connectivity index (χ2n) is 18.0. The zero-order valence-electron chi connectivity index (χ0n) is 37.4. The van der Waals surface area contributed by atoms with Crippen LogP contribution in [0.25, 0.3) is 44.9 Å². The second kappa shape index (κ2) is 18.9. The highest BCUT2D eigenvalue weighted by Crippen LogP contribution is 2.44. The van der Waals surface area contributed by atoms with Crippen LogP contribution in [0, 0.1) is 11.6 Å². The first-order valence-corrected chi connectivity index (χ1v) is 23.8. The largest absolute Gasteiger partial charge is 0.493 e. The molecule has 14 heteroatoms. The van der Waals surface area contributed by atoms with Gasteiger partial charge in [-0.2, -0.15) is 0 Å². The fourth-order valence-corrected chi connectivity index (χ4v) is 9.79. The predicted molar refractivity (Wildman–Crippen MR) is 249 cm³/mol. The summed E-state index contributed by atoms with van der Waals surface area (Å²) in [6.45, 7) is 8.62. The fraction of sp³-hybridized carbons (Fsp3) is 0.353. The molecule has 1 aliphatic rings. The van der Waals surface area contributed by atoms with Gasteiger partial charge in [0.15, 0.2) is 27.1 Å². The Bertz CT molecular complexity index is 2870. The summed E-state index contributed by atoms with van der Waals surface area (Å²) >= 11 is 0. The van der Waals surface area contributed by atoms with Crippen molar-refractivity contribution in [2.24, 2.45) is 0 Å². The van der Waals surface area contributed by atoms with Crippen LogP contribution in [0.5, 0.6) is 5.75 Å². The van der Waals surface area contributed by atoms with Gasteiger partial charge in [0.1, 0.15) is 28.7 Å². The molecule has 1 aliphatic heterocycles. The van der Waals surface area contributed by atoms with Crippen LogP contribution < -0.4 is 10.5 Å². The number of aromatic nitrogens is 4. The summed E-state index contributed by atoms with van der Waals surface area (Å²) in [7, 11) is -3.40. The molecule has 3 aromatic heterocycles. The number of hydrogen-bond acceptors (Lipinski definition) is 9. The van der Waals surface area contributed by atoms with Crippen molar-refractivity contribution < 1.29 is 30.8 Å². The molecule has 340 valence electrons. The number of aromatic amines is 1. The summed E-state index contributed by atoms with van der Waals surface area (Å²) in [6.07, 6.45) is 7.77. The second-order valence-corrected chi connectivity index (χ2v) is 20.5. The lowest BCUT2D eigenvalue weighted by Crippen LogP contribution is -2.48. The molecule has 0 spiro atoms. The molecule has 0 fully saturated rings. The van der Waals surface area contributed by atoms with E-state index in [0.29, 0.717) is 47.1 Å². The van der Waals surface area contributed by atoms with Crippen LogP contribution in [-0.4, -0.2) is 63.5 Å². The highest BCUT2D eigenvalue weighted by Gasteiger charge is 2.41. The quantitative estimate of drug-likeness (QED) is 0.0855. The van der Waals surface area contributed by atoms with Crippen molar-refractivity contribution >= 4 is 26.6 Å². The van der Waals surface area contributed by atoms with Gasteiger partial charge in [-0.1, -0.05) is 79.0 Å². The zero-order chi connectivity index (χ0) is 46.0. The number of nitrogens with one attached hydrogen (secondary N) is 1. The topological polar surface area (TPSA) is 140 Å². The number of sulfone groups is 1. The Hall–Kier alpha value is -5.99. The molecule has 0 bridgehead atoms. The average Bonchev–Trinajstić information content (AvgIpc) is 3.91. The lowest BCUT2D eigenvalue weighted by molar-refractivity contribution is 0.0642. The number of rotatable bonds is 17. The van der Waals surface area contributed by atoms with Crippen LogP contribution in [0.15, 0.2) is 107 Å². The molecule has 0 unspecified atom stereocenters. The molecule has 2 atom stereocenters. The van der Waals surface area contributed by atoms with E-state index in [0.717, 1.165) is 60.6 Å². The maximum absolute atomic E-state index is 16.0. The normalized spacial score (nSPS) is 15.8. The first kappa shape index (κ1) is 45.6. The first-order valence-electron chi connectivity index (χ1n) is 22.3. The van der Waals surface area contributed by atoms with Crippen LogP contribution in [-0.2, 0) is 22.7 Å². The Kier molecular flexibility index (Phi) is 13.2. The molecule has 0 saturated heterocycles. The molecule has 10 nitrogen and oxygen atoms in total. The molecule has 65 heavy (non-hydrogen) atoms. The van der Waals surface area contributed by atoms with Crippen molar-refractivity contribution in [2.75, 3.05) is 18.9 Å². The number of anilines is 1. The van der Waals surface area contributed by atoms with E-state index >= 15 is 13.2 Å². The Balaban J connectivity index is 0.811. The van der Waals surface area contributed by atoms with Crippen molar-refractivity contribution in [3.8, 4) is 39.7 Å². The van der Waals surface area contributed by atoms with Crippen LogP contribution in [0.2, 0.25) is 0 Å². The number of para-hydroxylation sites is 1. The number of benzene rings is 4. The summed E-state index contributed by atoms with van der Waals surface area (Å²) in [6, 6.07) is 25.8. The summed E-state index contributed by atoms with van der Waals surface area (Å²) in [5, 5.41) is 4.74. The van der Waals surface area contributed by atoms with Gasteiger partial charge >= 0.3 is 0 Å². The molecular formula is C51H55F3N6O4S. The molecule has 4 aromatic carbocycles. The van der Waals surface area contributed by atoms with Crippen molar-refractivity contribution in [1.82, 2.24) is 25.0 Å². The van der Waals surface area contributed by atoms with Gasteiger partial charge in [0, 0.05) is 64.1 Å². The maximum atomic E-state index is 16.0. The zero-order valence-corrected chi connectivity index (χ0v) is 38.2. The minimum atomic E-state index is -3.40. The molecule has 0 saturated carbocycles. The number of nitrogens with two attached hydrogens (primary N) is 1. The molecule has 0 amide bonds. The first-order chi connectivity index (χ1) is 31.1. The highest BCUT2D eigenvalue weighted by atomic mass is 32.2. The Morgan fingerprint density at radius 2 is 1.57 bits per heavy atom. The van der Waals surface area contributed by atoms with Gasteiger partial charge in [-0.25, -0.2) is 31.6 Å². The maximum Gasteiger partial charge on any atom is 0.189 e. The molecular weight excluding hydrogens is 850 g/mol. The van der Waals surface area contributed by atoms with Gasteiger partial charge in [0.25, 0.3) is 0 Å². The van der Waals surface area contributed by atoms with Gasteiger partial charge in [-0.3, -0.25) is 4.90 Å². The van der Waals surface area contributed by atoms with Crippen molar-refractivity contribution in [1.29, 1.82) is 0 Å². The van der Waals surface area contributed by atoms with Crippen molar-refractivity contribution in [3.05, 3.63) is 131 Å². The summed E-state index contributed by atoms with van der Waals surface area (Å²) in [5.74, 6) is -0.749. The third-order valence-electron chi connectivity index (χ3n) is 12.2. The predicted octanol–water partition coefficient (Wildman–Crippen LogP) is 11.6. The number of nitrogen functional groups attached to an aromatic ring is 1. The Morgan fingerprint density at radius 1 is 0.908 bits per heavy atom. The van der Waals surface area contributed by atoms with Gasteiger partial charge < -0.3 is 20.0 Å². The number of ether oxygens (including phenoxy) is 1. The number of nitrogens with zero attached hydrogens (tertiary/aromatic N) is 4. The highest BCUT2D eigenvalue weighted by molar-refractivity contribution is 7.92. The van der Waals surface area contributed by atoms with E-state index in [1.165, 1.54) is 37.7 Å². The van der Waals surface area contributed by atoms with Gasteiger partial charge in [0.05, 0.1) is 34.7 Å².